The second-order valence-electron chi connectivity index (χ2n) is 11.5. The van der Waals surface area contributed by atoms with Gasteiger partial charge in [-0.1, -0.05) is 6.07 Å². The van der Waals surface area contributed by atoms with Crippen molar-refractivity contribution < 1.29 is 22.7 Å². The zero-order chi connectivity index (χ0) is 31.7. The lowest BCUT2D eigenvalue weighted by Crippen LogP contribution is -2.49. The number of halogens is 3. The van der Waals surface area contributed by atoms with Crippen molar-refractivity contribution in [2.24, 2.45) is 0 Å². The summed E-state index contributed by atoms with van der Waals surface area (Å²) in [5.74, 6) is 0.344. The van der Waals surface area contributed by atoms with Crippen LogP contribution in [0, 0.1) is 6.92 Å². The second-order valence-corrected chi connectivity index (χ2v) is 11.5. The number of pyridine rings is 2. The molecule has 4 aromatic heterocycles. The van der Waals surface area contributed by atoms with E-state index in [-0.39, 0.29) is 12.5 Å². The summed E-state index contributed by atoms with van der Waals surface area (Å²) in [7, 11) is 0. The molecule has 1 aromatic carbocycles. The predicted octanol–water partition coefficient (Wildman–Crippen LogP) is 5.11. The van der Waals surface area contributed by atoms with Crippen molar-refractivity contribution in [1.82, 2.24) is 33.9 Å². The number of aromatic nitrogens is 5. The average molecular weight is 621 g/mol. The molecule has 1 aliphatic heterocycles. The Kier molecular flexibility index (Phi) is 8.47. The number of imidazole rings is 1. The van der Waals surface area contributed by atoms with Gasteiger partial charge in [0.15, 0.2) is 0 Å². The van der Waals surface area contributed by atoms with Gasteiger partial charge in [0.05, 0.1) is 40.9 Å². The van der Waals surface area contributed by atoms with Crippen molar-refractivity contribution in [1.29, 1.82) is 0 Å². The molecule has 5 aromatic rings. The summed E-state index contributed by atoms with van der Waals surface area (Å²) in [5, 5.41) is 8.29. The maximum absolute atomic E-state index is 13.4. The Bertz CT molecular complexity index is 1810. The van der Waals surface area contributed by atoms with E-state index in [1.165, 1.54) is 12.3 Å². The Morgan fingerprint density at radius 3 is 2.56 bits per heavy atom. The molecule has 1 amide bonds. The first kappa shape index (κ1) is 30.5. The van der Waals surface area contributed by atoms with E-state index in [1.807, 2.05) is 25.1 Å². The van der Waals surface area contributed by atoms with E-state index >= 15 is 0 Å². The zero-order valence-corrected chi connectivity index (χ0v) is 25.4. The SMILES string of the molecule is Cc1nn(Cc2ccc(C(F)(F)F)cn2)c2cccc(NC(=O)c3cnc4cc(OCCN5CCN(C(C)C)CC5)ccn34)c12. The minimum absolute atomic E-state index is 0.173. The summed E-state index contributed by atoms with van der Waals surface area (Å²) >= 11 is 0. The number of ether oxygens (including phenoxy) is 1. The van der Waals surface area contributed by atoms with Crippen molar-refractivity contribution in [2.75, 3.05) is 44.6 Å². The Labute approximate surface area is 258 Å². The number of hydrogen-bond acceptors (Lipinski definition) is 7. The van der Waals surface area contributed by atoms with Gasteiger partial charge in [0.1, 0.15) is 23.7 Å². The van der Waals surface area contributed by atoms with Gasteiger partial charge >= 0.3 is 6.18 Å². The van der Waals surface area contributed by atoms with E-state index in [0.717, 1.165) is 50.4 Å². The van der Waals surface area contributed by atoms with Crippen LogP contribution >= 0.6 is 0 Å². The highest BCUT2D eigenvalue weighted by atomic mass is 19.4. The second kappa shape index (κ2) is 12.5. The van der Waals surface area contributed by atoms with Gasteiger partial charge in [-0.3, -0.25) is 28.7 Å². The van der Waals surface area contributed by atoms with Gasteiger partial charge in [0, 0.05) is 62.6 Å². The van der Waals surface area contributed by atoms with Crippen LogP contribution in [-0.4, -0.2) is 85.2 Å². The van der Waals surface area contributed by atoms with Crippen LogP contribution in [0.25, 0.3) is 16.6 Å². The average Bonchev–Trinajstić information content (AvgIpc) is 3.58. The molecule has 0 saturated carbocycles. The molecule has 1 saturated heterocycles. The summed E-state index contributed by atoms with van der Waals surface area (Å²) in [6.45, 7) is 12.1. The zero-order valence-electron chi connectivity index (χ0n) is 25.4. The first-order valence-corrected chi connectivity index (χ1v) is 14.9. The number of fused-ring (bicyclic) bond motifs is 2. The number of hydrogen-bond donors (Lipinski definition) is 1. The summed E-state index contributed by atoms with van der Waals surface area (Å²) < 4.78 is 48.2. The fourth-order valence-electron chi connectivity index (χ4n) is 5.69. The monoisotopic (exact) mass is 620 g/mol. The van der Waals surface area contributed by atoms with Crippen LogP contribution in [0.4, 0.5) is 18.9 Å². The fraction of sp³-hybridized carbons (Fsp3) is 0.375. The van der Waals surface area contributed by atoms with Crippen LogP contribution in [0.1, 0.15) is 41.3 Å². The third-order valence-electron chi connectivity index (χ3n) is 8.20. The largest absolute Gasteiger partial charge is 0.492 e. The number of rotatable bonds is 9. The number of amides is 1. The van der Waals surface area contributed by atoms with Crippen LogP contribution in [0.15, 0.2) is 61.1 Å². The quantitative estimate of drug-likeness (QED) is 0.245. The Morgan fingerprint density at radius 2 is 1.84 bits per heavy atom. The Morgan fingerprint density at radius 1 is 1.04 bits per heavy atom. The smallest absolute Gasteiger partial charge is 0.417 e. The van der Waals surface area contributed by atoms with Crippen molar-refractivity contribution in [3.63, 3.8) is 0 Å². The number of piperazine rings is 1. The minimum Gasteiger partial charge on any atom is -0.492 e. The van der Waals surface area contributed by atoms with Crippen LogP contribution in [0.2, 0.25) is 0 Å². The number of carbonyl (C=O) groups excluding carboxylic acids is 1. The van der Waals surface area contributed by atoms with Crippen molar-refractivity contribution in [3.05, 3.63) is 83.7 Å². The number of anilines is 1. The molecular weight excluding hydrogens is 585 g/mol. The molecule has 1 aliphatic rings. The number of alkyl halides is 3. The predicted molar refractivity (Wildman–Crippen MR) is 165 cm³/mol. The molecule has 0 bridgehead atoms. The third kappa shape index (κ3) is 6.64. The number of carbonyl (C=O) groups is 1. The molecule has 1 fully saturated rings. The maximum Gasteiger partial charge on any atom is 0.417 e. The lowest BCUT2D eigenvalue weighted by atomic mass is 10.1. The van der Waals surface area contributed by atoms with Gasteiger partial charge in [-0.05, 0) is 51.1 Å². The maximum atomic E-state index is 13.4. The summed E-state index contributed by atoms with van der Waals surface area (Å²) in [5.41, 5.74) is 2.51. The summed E-state index contributed by atoms with van der Waals surface area (Å²) in [6.07, 6.45) is -0.335. The van der Waals surface area contributed by atoms with E-state index in [9.17, 15) is 18.0 Å². The standard InChI is InChI=1S/C32H35F3N8O2/c1-21(2)41-13-11-40(12-14-41)15-16-45-25-9-10-42-28(19-37-29(42)17-25)31(44)38-26-5-4-6-27-30(26)22(3)39-43(27)20-24-8-7-23(18-36-24)32(33,34)35/h4-10,17-19,21H,11-16,20H2,1-3H3,(H,38,44). The van der Waals surface area contributed by atoms with E-state index < -0.39 is 11.7 Å². The van der Waals surface area contributed by atoms with Crippen LogP contribution in [0.5, 0.6) is 5.75 Å². The van der Waals surface area contributed by atoms with Gasteiger partial charge in [0.2, 0.25) is 0 Å². The van der Waals surface area contributed by atoms with Gasteiger partial charge < -0.3 is 10.1 Å². The number of nitrogens with one attached hydrogen (secondary N) is 1. The first-order chi connectivity index (χ1) is 21.6. The van der Waals surface area contributed by atoms with E-state index in [0.29, 0.717) is 52.3 Å². The van der Waals surface area contributed by atoms with Gasteiger partial charge in [-0.15, -0.1) is 0 Å². The highest BCUT2D eigenvalue weighted by Crippen LogP contribution is 2.30. The first-order valence-electron chi connectivity index (χ1n) is 14.9. The number of benzene rings is 1. The molecule has 0 aliphatic carbocycles. The molecule has 236 valence electrons. The van der Waals surface area contributed by atoms with Crippen molar-refractivity contribution in [2.45, 2.75) is 39.5 Å². The minimum atomic E-state index is -4.45. The van der Waals surface area contributed by atoms with E-state index in [2.05, 4.69) is 44.0 Å². The number of nitrogens with zero attached hydrogens (tertiary/aromatic N) is 7. The molecule has 5 heterocycles. The normalized spacial score (nSPS) is 14.9. The number of aryl methyl sites for hydroxylation is 1. The van der Waals surface area contributed by atoms with E-state index in [4.69, 9.17) is 4.74 Å². The molecule has 13 heteroatoms. The topological polar surface area (TPSA) is 92.8 Å². The molecular formula is C32H35F3N8O2. The lowest BCUT2D eigenvalue weighted by Gasteiger charge is -2.36. The molecule has 0 radical (unpaired) electrons. The van der Waals surface area contributed by atoms with Gasteiger partial charge in [0.25, 0.3) is 5.91 Å². The molecule has 0 spiro atoms. The van der Waals surface area contributed by atoms with Crippen LogP contribution in [-0.2, 0) is 12.7 Å². The van der Waals surface area contributed by atoms with Gasteiger partial charge in [-0.2, -0.15) is 18.3 Å². The molecule has 10 nitrogen and oxygen atoms in total. The van der Waals surface area contributed by atoms with Crippen molar-refractivity contribution in [3.8, 4) is 5.75 Å². The van der Waals surface area contributed by atoms with Crippen molar-refractivity contribution >= 4 is 28.1 Å². The van der Waals surface area contributed by atoms with Crippen LogP contribution in [0.3, 0.4) is 0 Å². The molecule has 45 heavy (non-hydrogen) atoms. The molecule has 6 rings (SSSR count). The van der Waals surface area contributed by atoms with Gasteiger partial charge in [-0.25, -0.2) is 4.98 Å². The van der Waals surface area contributed by atoms with Crippen LogP contribution < -0.4 is 10.1 Å². The molecule has 0 unspecified atom stereocenters. The lowest BCUT2D eigenvalue weighted by molar-refractivity contribution is -0.137. The Balaban J connectivity index is 1.12. The highest BCUT2D eigenvalue weighted by molar-refractivity contribution is 6.08. The fourth-order valence-corrected chi connectivity index (χ4v) is 5.69. The van der Waals surface area contributed by atoms with E-state index in [1.54, 1.807) is 27.4 Å². The highest BCUT2D eigenvalue weighted by Gasteiger charge is 2.30. The third-order valence-corrected chi connectivity index (χ3v) is 8.20. The molecule has 0 atom stereocenters. The molecule has 1 N–H and O–H groups in total. The Hall–Kier alpha value is -4.49. The summed E-state index contributed by atoms with van der Waals surface area (Å²) in [4.78, 5) is 26.7. The summed E-state index contributed by atoms with van der Waals surface area (Å²) in [6, 6.07) is 12.0.